The van der Waals surface area contributed by atoms with E-state index in [1.165, 1.54) is 5.56 Å². The molecule has 2 N–H and O–H groups in total. The van der Waals surface area contributed by atoms with Crippen molar-refractivity contribution in [3.8, 4) is 17.4 Å². The molecule has 0 saturated carbocycles. The van der Waals surface area contributed by atoms with Crippen molar-refractivity contribution in [2.24, 2.45) is 4.99 Å². The van der Waals surface area contributed by atoms with Crippen LogP contribution in [0.5, 0.6) is 17.4 Å². The summed E-state index contributed by atoms with van der Waals surface area (Å²) < 4.78 is 11.6. The number of nitrogens with zero attached hydrogens (tertiary/aromatic N) is 2. The molecule has 4 aromatic rings. The minimum Gasteiger partial charge on any atom is -0.494 e. The lowest BCUT2D eigenvalue weighted by molar-refractivity contribution is 0.288. The maximum Gasteiger partial charge on any atom is 0.199 e. The van der Waals surface area contributed by atoms with E-state index in [9.17, 15) is 5.11 Å². The van der Waals surface area contributed by atoms with E-state index in [2.05, 4.69) is 36.0 Å². The Balaban J connectivity index is 1.85. The lowest BCUT2D eigenvalue weighted by Gasteiger charge is -2.14. The number of hydrogen-bond acceptors (Lipinski definition) is 5. The van der Waals surface area contributed by atoms with E-state index in [4.69, 9.17) is 14.5 Å². The van der Waals surface area contributed by atoms with Gasteiger partial charge in [0, 0.05) is 23.6 Å². The second-order valence-electron chi connectivity index (χ2n) is 8.38. The second-order valence-corrected chi connectivity index (χ2v) is 8.38. The van der Waals surface area contributed by atoms with Crippen molar-refractivity contribution < 1.29 is 14.6 Å². The Morgan fingerprint density at radius 1 is 0.914 bits per heavy atom. The van der Waals surface area contributed by atoms with E-state index in [1.807, 2.05) is 68.4 Å². The molecule has 0 aliphatic rings. The summed E-state index contributed by atoms with van der Waals surface area (Å²) in [5.74, 6) is 1.33. The first kappa shape index (κ1) is 24.4. The average molecular weight is 472 g/mol. The molecule has 0 spiro atoms. The third kappa shape index (κ3) is 5.49. The maximum atomic E-state index is 11.0. The first-order valence-corrected chi connectivity index (χ1v) is 12.1. The summed E-state index contributed by atoms with van der Waals surface area (Å²) in [7, 11) is 2.10. The highest BCUT2D eigenvalue weighted by atomic mass is 16.5. The molecule has 6 heteroatoms. The molecule has 0 aliphatic heterocycles. The van der Waals surface area contributed by atoms with Crippen LogP contribution in [-0.4, -0.2) is 47.5 Å². The van der Waals surface area contributed by atoms with Crippen LogP contribution in [0.4, 0.5) is 5.69 Å². The number of hydrogen-bond donors (Lipinski definition) is 2. The van der Waals surface area contributed by atoms with Gasteiger partial charge in [0.2, 0.25) is 0 Å². The molecule has 0 fully saturated rings. The van der Waals surface area contributed by atoms with E-state index >= 15 is 0 Å². The minimum absolute atomic E-state index is 0.0555. The number of aliphatic imine (C=N–C) groups is 1. The third-order valence-electron chi connectivity index (χ3n) is 5.90. The quantitative estimate of drug-likeness (QED) is 0.267. The largest absolute Gasteiger partial charge is 0.494 e. The van der Waals surface area contributed by atoms with Crippen molar-refractivity contribution in [1.29, 1.82) is 0 Å². The van der Waals surface area contributed by atoms with Crippen molar-refractivity contribution in [2.75, 3.05) is 26.8 Å². The van der Waals surface area contributed by atoms with Crippen LogP contribution in [0.3, 0.4) is 0 Å². The molecule has 0 bridgehead atoms. The topological polar surface area (TPSA) is 70.1 Å². The van der Waals surface area contributed by atoms with Gasteiger partial charge in [0.05, 0.1) is 35.7 Å². The lowest BCUT2D eigenvalue weighted by Crippen LogP contribution is -2.16. The molecule has 0 saturated heterocycles. The van der Waals surface area contributed by atoms with Gasteiger partial charge in [-0.05, 0) is 51.2 Å². The van der Waals surface area contributed by atoms with Crippen LogP contribution in [0, 0.1) is 0 Å². The number of aromatic nitrogens is 1. The molecule has 0 aliphatic carbocycles. The number of aromatic hydroxyl groups is 1. The van der Waals surface area contributed by atoms with Gasteiger partial charge in [-0.3, -0.25) is 0 Å². The van der Waals surface area contributed by atoms with Gasteiger partial charge < -0.3 is 24.5 Å². The summed E-state index contributed by atoms with van der Waals surface area (Å²) in [4.78, 5) is 10.4. The number of ether oxygens (including phenoxy) is 2. The molecule has 0 unspecified atom stereocenters. The SMILES string of the molecule is CCOc1cc2[nH]c(O)c(C(=Nc3ccc(CN(C)CC)cc3)c3ccccc3)c2cc1OCC. The smallest absolute Gasteiger partial charge is 0.199 e. The number of rotatable bonds is 10. The van der Waals surface area contributed by atoms with Crippen LogP contribution in [0.25, 0.3) is 10.9 Å². The molecular formula is C29H33N3O3. The molecule has 1 heterocycles. The van der Waals surface area contributed by atoms with Crippen molar-refractivity contribution >= 4 is 22.3 Å². The molecule has 3 aromatic carbocycles. The van der Waals surface area contributed by atoms with E-state index in [0.29, 0.717) is 36.0 Å². The Labute approximate surface area is 206 Å². The normalized spacial score (nSPS) is 11.9. The lowest BCUT2D eigenvalue weighted by atomic mass is 10.0. The van der Waals surface area contributed by atoms with Gasteiger partial charge in [0.1, 0.15) is 0 Å². The zero-order valence-corrected chi connectivity index (χ0v) is 20.8. The Morgan fingerprint density at radius 2 is 1.57 bits per heavy atom. The van der Waals surface area contributed by atoms with Crippen LogP contribution in [-0.2, 0) is 6.54 Å². The highest BCUT2D eigenvalue weighted by molar-refractivity contribution is 6.22. The first-order valence-electron chi connectivity index (χ1n) is 12.1. The average Bonchev–Trinajstić information content (AvgIpc) is 3.18. The summed E-state index contributed by atoms with van der Waals surface area (Å²) in [6.45, 7) is 8.93. The Kier molecular flexibility index (Phi) is 7.73. The van der Waals surface area contributed by atoms with E-state index in [-0.39, 0.29) is 5.88 Å². The monoisotopic (exact) mass is 471 g/mol. The fourth-order valence-corrected chi connectivity index (χ4v) is 4.05. The molecule has 0 radical (unpaired) electrons. The summed E-state index contributed by atoms with van der Waals surface area (Å²) in [5, 5.41) is 11.9. The standard InChI is InChI=1S/C29H33N3O3/c1-5-32(4)19-20-13-15-22(16-14-20)30-28(21-11-9-8-10-12-21)27-23-17-25(34-6-2)26(35-7-3)18-24(23)31-29(27)33/h8-18,31,33H,5-7,19H2,1-4H3. The highest BCUT2D eigenvalue weighted by Gasteiger charge is 2.21. The van der Waals surface area contributed by atoms with Crippen LogP contribution >= 0.6 is 0 Å². The predicted octanol–water partition coefficient (Wildman–Crippen LogP) is 6.29. The van der Waals surface area contributed by atoms with E-state index < -0.39 is 0 Å². The number of benzene rings is 3. The first-order chi connectivity index (χ1) is 17.0. The van der Waals surface area contributed by atoms with Crippen LogP contribution in [0.15, 0.2) is 71.7 Å². The number of fused-ring (bicyclic) bond motifs is 1. The highest BCUT2D eigenvalue weighted by Crippen LogP contribution is 2.38. The molecule has 35 heavy (non-hydrogen) atoms. The fraction of sp³-hybridized carbons (Fsp3) is 0.276. The predicted molar refractivity (Wildman–Crippen MR) is 142 cm³/mol. The third-order valence-corrected chi connectivity index (χ3v) is 5.90. The minimum atomic E-state index is 0.0555. The summed E-state index contributed by atoms with van der Waals surface area (Å²) in [6, 6.07) is 21.9. The Bertz CT molecular complexity index is 1290. The Hall–Kier alpha value is -3.77. The second kappa shape index (κ2) is 11.1. The van der Waals surface area contributed by atoms with E-state index in [1.54, 1.807) is 0 Å². The van der Waals surface area contributed by atoms with Crippen LogP contribution < -0.4 is 9.47 Å². The number of aromatic amines is 1. The van der Waals surface area contributed by atoms with Gasteiger partial charge in [0.15, 0.2) is 17.4 Å². The summed E-state index contributed by atoms with van der Waals surface area (Å²) >= 11 is 0. The number of H-pyrrole nitrogens is 1. The maximum absolute atomic E-state index is 11.0. The van der Waals surface area contributed by atoms with Gasteiger partial charge in [-0.1, -0.05) is 49.4 Å². The van der Waals surface area contributed by atoms with Gasteiger partial charge in [-0.25, -0.2) is 4.99 Å². The molecule has 0 amide bonds. The molecule has 6 nitrogen and oxygen atoms in total. The molecule has 1 aromatic heterocycles. The zero-order valence-electron chi connectivity index (χ0n) is 20.8. The zero-order chi connectivity index (χ0) is 24.8. The molecule has 0 atom stereocenters. The van der Waals surface area contributed by atoms with Crippen molar-refractivity contribution in [1.82, 2.24) is 9.88 Å². The van der Waals surface area contributed by atoms with Crippen LogP contribution in [0.2, 0.25) is 0 Å². The molecule has 182 valence electrons. The van der Waals surface area contributed by atoms with Crippen molar-refractivity contribution in [2.45, 2.75) is 27.3 Å². The molecule has 4 rings (SSSR count). The van der Waals surface area contributed by atoms with E-state index in [0.717, 1.165) is 35.2 Å². The van der Waals surface area contributed by atoms with Gasteiger partial charge in [-0.15, -0.1) is 0 Å². The Morgan fingerprint density at radius 3 is 2.20 bits per heavy atom. The van der Waals surface area contributed by atoms with Gasteiger partial charge in [0.25, 0.3) is 0 Å². The fourth-order valence-electron chi connectivity index (χ4n) is 4.05. The van der Waals surface area contributed by atoms with Crippen molar-refractivity contribution in [3.63, 3.8) is 0 Å². The summed E-state index contributed by atoms with van der Waals surface area (Å²) in [6.07, 6.45) is 0. The molecular weight excluding hydrogens is 438 g/mol. The van der Waals surface area contributed by atoms with Gasteiger partial charge in [-0.2, -0.15) is 0 Å². The number of nitrogens with one attached hydrogen (secondary N) is 1. The van der Waals surface area contributed by atoms with Crippen LogP contribution in [0.1, 0.15) is 37.5 Å². The van der Waals surface area contributed by atoms with Gasteiger partial charge >= 0.3 is 0 Å². The van der Waals surface area contributed by atoms with Crippen molar-refractivity contribution in [3.05, 3.63) is 83.4 Å². The summed E-state index contributed by atoms with van der Waals surface area (Å²) in [5.41, 5.74) is 5.02.